The first-order valence-corrected chi connectivity index (χ1v) is 7.04. The van der Waals surface area contributed by atoms with Gasteiger partial charge in [0, 0.05) is 16.7 Å². The Hall–Kier alpha value is -1.79. The molecule has 2 rings (SSSR count). The van der Waals surface area contributed by atoms with Crippen molar-refractivity contribution in [1.82, 2.24) is 5.32 Å². The normalized spacial score (nSPS) is 10.4. The summed E-state index contributed by atoms with van der Waals surface area (Å²) in [5.74, 6) is -1.99. The second-order valence-corrected chi connectivity index (χ2v) is 5.33. The molecule has 0 heterocycles. The van der Waals surface area contributed by atoms with Gasteiger partial charge in [0.2, 0.25) is 5.91 Å². The molecule has 0 aliphatic heterocycles. The smallest absolute Gasteiger partial charge is 0.238 e. The first-order valence-electron chi connectivity index (χ1n) is 6.24. The third-order valence-electron chi connectivity index (χ3n) is 2.71. The molecule has 110 valence electrons. The zero-order valence-electron chi connectivity index (χ0n) is 11.0. The molecule has 0 aromatic heterocycles. The molecule has 0 atom stereocenters. The Kier molecular flexibility index (Phi) is 5.41. The van der Waals surface area contributed by atoms with Gasteiger partial charge in [-0.1, -0.05) is 28.1 Å². The molecule has 0 aliphatic rings. The van der Waals surface area contributed by atoms with E-state index in [1.165, 1.54) is 6.07 Å². The number of hydrogen-bond donors (Lipinski definition) is 2. The van der Waals surface area contributed by atoms with Gasteiger partial charge < -0.3 is 10.6 Å². The van der Waals surface area contributed by atoms with E-state index in [1.807, 2.05) is 12.1 Å². The zero-order valence-corrected chi connectivity index (χ0v) is 12.6. The van der Waals surface area contributed by atoms with Crippen LogP contribution in [0.25, 0.3) is 0 Å². The Labute approximate surface area is 129 Å². The van der Waals surface area contributed by atoms with Gasteiger partial charge in [0.1, 0.15) is 0 Å². The lowest BCUT2D eigenvalue weighted by Gasteiger charge is -2.07. The number of rotatable bonds is 5. The molecule has 0 saturated carbocycles. The highest BCUT2D eigenvalue weighted by Crippen LogP contribution is 2.15. The zero-order chi connectivity index (χ0) is 15.2. The topological polar surface area (TPSA) is 41.1 Å². The van der Waals surface area contributed by atoms with E-state index in [0.29, 0.717) is 11.3 Å². The minimum Gasteiger partial charge on any atom is -0.325 e. The first-order chi connectivity index (χ1) is 10.0. The Morgan fingerprint density at radius 1 is 1.10 bits per heavy atom. The minimum atomic E-state index is -0.895. The molecule has 2 aromatic rings. The lowest BCUT2D eigenvalue weighted by atomic mass is 10.2. The van der Waals surface area contributed by atoms with Crippen molar-refractivity contribution in [3.05, 3.63) is 64.1 Å². The third-order valence-corrected chi connectivity index (χ3v) is 3.20. The van der Waals surface area contributed by atoms with Crippen LogP contribution in [0, 0.1) is 11.6 Å². The molecule has 0 radical (unpaired) electrons. The van der Waals surface area contributed by atoms with Crippen LogP contribution in [-0.4, -0.2) is 12.5 Å². The number of carbonyl (C=O) groups excluding carboxylic acids is 1. The molecule has 1 amide bonds. The summed E-state index contributed by atoms with van der Waals surface area (Å²) in [7, 11) is 0. The summed E-state index contributed by atoms with van der Waals surface area (Å²) in [6.45, 7) is 0.356. The van der Waals surface area contributed by atoms with Gasteiger partial charge in [-0.15, -0.1) is 0 Å². The van der Waals surface area contributed by atoms with Crippen LogP contribution in [0.5, 0.6) is 0 Å². The Balaban J connectivity index is 1.80. The predicted octanol–water partition coefficient (Wildman–Crippen LogP) is 3.46. The number of carbonyl (C=O) groups is 1. The van der Waals surface area contributed by atoms with Gasteiger partial charge in [0.05, 0.1) is 6.54 Å². The van der Waals surface area contributed by atoms with Crippen molar-refractivity contribution in [1.29, 1.82) is 0 Å². The van der Waals surface area contributed by atoms with E-state index in [-0.39, 0.29) is 19.0 Å². The van der Waals surface area contributed by atoms with Crippen LogP contribution in [0.3, 0.4) is 0 Å². The average molecular weight is 355 g/mol. The fourth-order valence-electron chi connectivity index (χ4n) is 1.74. The summed E-state index contributed by atoms with van der Waals surface area (Å²) in [5, 5.41) is 5.59. The third kappa shape index (κ3) is 4.91. The fourth-order valence-corrected chi connectivity index (χ4v) is 2.14. The molecule has 21 heavy (non-hydrogen) atoms. The molecule has 0 bridgehead atoms. The number of anilines is 1. The van der Waals surface area contributed by atoms with Crippen LogP contribution >= 0.6 is 15.9 Å². The van der Waals surface area contributed by atoms with Crippen molar-refractivity contribution in [3.8, 4) is 0 Å². The molecule has 0 aliphatic carbocycles. The quantitative estimate of drug-likeness (QED) is 0.863. The highest BCUT2D eigenvalue weighted by molar-refractivity contribution is 9.10. The van der Waals surface area contributed by atoms with E-state index in [9.17, 15) is 13.6 Å². The molecular formula is C15H13BrF2N2O. The van der Waals surface area contributed by atoms with Crippen molar-refractivity contribution in [3.63, 3.8) is 0 Å². The van der Waals surface area contributed by atoms with Gasteiger partial charge >= 0.3 is 0 Å². The van der Waals surface area contributed by atoms with Gasteiger partial charge in [-0.25, -0.2) is 8.78 Å². The van der Waals surface area contributed by atoms with E-state index in [0.717, 1.165) is 16.6 Å². The molecule has 0 fully saturated rings. The van der Waals surface area contributed by atoms with Crippen molar-refractivity contribution >= 4 is 27.5 Å². The molecule has 2 N–H and O–H groups in total. The largest absolute Gasteiger partial charge is 0.325 e. The summed E-state index contributed by atoms with van der Waals surface area (Å²) in [5.41, 5.74) is 1.26. The Morgan fingerprint density at radius 3 is 2.62 bits per heavy atom. The molecule has 6 heteroatoms. The van der Waals surface area contributed by atoms with E-state index < -0.39 is 11.6 Å². The SMILES string of the molecule is O=C(CNCc1ccc(F)c(F)c1)Nc1cccc(Br)c1. The summed E-state index contributed by atoms with van der Waals surface area (Å²) >= 11 is 3.31. The molecule has 0 spiro atoms. The second-order valence-electron chi connectivity index (χ2n) is 4.41. The van der Waals surface area contributed by atoms with Gasteiger partial charge in [-0.3, -0.25) is 4.79 Å². The summed E-state index contributed by atoms with van der Waals surface area (Å²) in [4.78, 5) is 11.7. The number of amides is 1. The lowest BCUT2D eigenvalue weighted by molar-refractivity contribution is -0.115. The molecule has 3 nitrogen and oxygen atoms in total. The van der Waals surface area contributed by atoms with Crippen molar-refractivity contribution < 1.29 is 13.6 Å². The molecule has 2 aromatic carbocycles. The monoisotopic (exact) mass is 354 g/mol. The average Bonchev–Trinajstić information content (AvgIpc) is 2.43. The molecule has 0 saturated heterocycles. The first kappa shape index (κ1) is 15.6. The number of benzene rings is 2. The van der Waals surface area contributed by atoms with Crippen LogP contribution in [-0.2, 0) is 11.3 Å². The number of hydrogen-bond acceptors (Lipinski definition) is 2. The summed E-state index contributed by atoms with van der Waals surface area (Å²) in [6, 6.07) is 10.9. The number of halogens is 3. The van der Waals surface area contributed by atoms with E-state index in [4.69, 9.17) is 0 Å². The van der Waals surface area contributed by atoms with Crippen LogP contribution in [0.4, 0.5) is 14.5 Å². The maximum atomic E-state index is 13.0. The lowest BCUT2D eigenvalue weighted by Crippen LogP contribution is -2.27. The highest BCUT2D eigenvalue weighted by Gasteiger charge is 2.04. The highest BCUT2D eigenvalue weighted by atomic mass is 79.9. The Morgan fingerprint density at radius 2 is 1.90 bits per heavy atom. The van der Waals surface area contributed by atoms with Crippen LogP contribution in [0.2, 0.25) is 0 Å². The van der Waals surface area contributed by atoms with Crippen LogP contribution in [0.15, 0.2) is 46.9 Å². The van der Waals surface area contributed by atoms with Gasteiger partial charge in [-0.2, -0.15) is 0 Å². The van der Waals surface area contributed by atoms with Gasteiger partial charge in [0.25, 0.3) is 0 Å². The standard InChI is InChI=1S/C15H13BrF2N2O/c16-11-2-1-3-12(7-11)20-15(21)9-19-8-10-4-5-13(17)14(18)6-10/h1-7,19H,8-9H2,(H,20,21). The van der Waals surface area contributed by atoms with Crippen LogP contribution in [0.1, 0.15) is 5.56 Å². The summed E-state index contributed by atoms with van der Waals surface area (Å²) < 4.78 is 26.6. The maximum absolute atomic E-state index is 13.0. The van der Waals surface area contributed by atoms with Crippen molar-refractivity contribution in [2.45, 2.75) is 6.54 Å². The number of nitrogens with one attached hydrogen (secondary N) is 2. The van der Waals surface area contributed by atoms with Crippen molar-refractivity contribution in [2.24, 2.45) is 0 Å². The maximum Gasteiger partial charge on any atom is 0.238 e. The van der Waals surface area contributed by atoms with Gasteiger partial charge in [0.15, 0.2) is 11.6 Å². The molecular weight excluding hydrogens is 342 g/mol. The van der Waals surface area contributed by atoms with E-state index in [2.05, 4.69) is 26.6 Å². The van der Waals surface area contributed by atoms with E-state index >= 15 is 0 Å². The Bertz CT molecular complexity index is 649. The fraction of sp³-hybridized carbons (Fsp3) is 0.133. The second kappa shape index (κ2) is 7.28. The van der Waals surface area contributed by atoms with Crippen LogP contribution < -0.4 is 10.6 Å². The van der Waals surface area contributed by atoms with E-state index in [1.54, 1.807) is 12.1 Å². The minimum absolute atomic E-state index is 0.0749. The van der Waals surface area contributed by atoms with Gasteiger partial charge in [-0.05, 0) is 35.9 Å². The van der Waals surface area contributed by atoms with Crippen molar-refractivity contribution in [2.75, 3.05) is 11.9 Å². The predicted molar refractivity (Wildman–Crippen MR) is 80.8 cm³/mol. The molecule has 0 unspecified atom stereocenters. The summed E-state index contributed by atoms with van der Waals surface area (Å²) in [6.07, 6.45) is 0.